The predicted octanol–water partition coefficient (Wildman–Crippen LogP) is 5.70. The van der Waals surface area contributed by atoms with Gasteiger partial charge in [-0.15, -0.1) is 11.3 Å². The van der Waals surface area contributed by atoms with E-state index < -0.39 is 0 Å². The van der Waals surface area contributed by atoms with Crippen LogP contribution in [-0.4, -0.2) is 23.8 Å². The summed E-state index contributed by atoms with van der Waals surface area (Å²) in [6.45, 7) is 8.41. The SMILES string of the molecule is CC.Cc1cc2c(s1)Nc1ccccc1N=C2N1CCCCC1. The molecule has 0 unspecified atom stereocenters. The molecule has 0 spiro atoms. The summed E-state index contributed by atoms with van der Waals surface area (Å²) in [4.78, 5) is 8.79. The highest BCUT2D eigenvalue weighted by atomic mass is 32.1. The normalized spacial score (nSPS) is 16.1. The Balaban J connectivity index is 0.000000753. The van der Waals surface area contributed by atoms with Crippen LogP contribution in [0.15, 0.2) is 35.3 Å². The third kappa shape index (κ3) is 3.27. The zero-order valence-electron chi connectivity index (χ0n) is 14.2. The van der Waals surface area contributed by atoms with Gasteiger partial charge in [-0.3, -0.25) is 0 Å². The summed E-state index contributed by atoms with van der Waals surface area (Å²) in [5.74, 6) is 1.14. The number of rotatable bonds is 0. The minimum absolute atomic E-state index is 1.04. The molecule has 1 aromatic carbocycles. The lowest BCUT2D eigenvalue weighted by Crippen LogP contribution is -2.36. The van der Waals surface area contributed by atoms with Crippen LogP contribution in [0.5, 0.6) is 0 Å². The standard InChI is InChI=1S/C17H19N3S.C2H6/c1-12-11-13-16(20-9-5-2-6-10-20)18-14-7-3-4-8-15(14)19-17(13)21-12;1-2/h3-4,7-8,11,19H,2,5-6,9-10H2,1H3;1-2H3. The number of anilines is 2. The maximum atomic E-state index is 5.00. The largest absolute Gasteiger partial charge is 0.356 e. The quantitative estimate of drug-likeness (QED) is 0.671. The molecule has 2 aliphatic rings. The number of hydrogen-bond acceptors (Lipinski definition) is 4. The van der Waals surface area contributed by atoms with E-state index in [4.69, 9.17) is 4.99 Å². The molecule has 4 heteroatoms. The Hall–Kier alpha value is -1.81. The van der Waals surface area contributed by atoms with Gasteiger partial charge in [-0.1, -0.05) is 26.0 Å². The van der Waals surface area contributed by atoms with Crippen molar-refractivity contribution in [3.63, 3.8) is 0 Å². The topological polar surface area (TPSA) is 27.6 Å². The third-order valence-corrected chi connectivity index (χ3v) is 5.10. The van der Waals surface area contributed by atoms with Gasteiger partial charge in [-0.25, -0.2) is 4.99 Å². The molecule has 1 aromatic heterocycles. The van der Waals surface area contributed by atoms with Crippen molar-refractivity contribution in [2.24, 2.45) is 4.99 Å². The number of nitrogens with zero attached hydrogens (tertiary/aromatic N) is 2. The van der Waals surface area contributed by atoms with Crippen molar-refractivity contribution >= 4 is 33.5 Å². The van der Waals surface area contributed by atoms with Crippen LogP contribution in [0.4, 0.5) is 16.4 Å². The highest BCUT2D eigenvalue weighted by Gasteiger charge is 2.24. The van der Waals surface area contributed by atoms with E-state index in [1.165, 1.54) is 34.7 Å². The minimum atomic E-state index is 1.04. The van der Waals surface area contributed by atoms with Crippen LogP contribution in [0.25, 0.3) is 0 Å². The zero-order chi connectivity index (χ0) is 16.2. The first-order chi connectivity index (χ1) is 11.3. The fourth-order valence-corrected chi connectivity index (χ4v) is 4.01. The Bertz CT molecular complexity index is 696. The molecule has 3 nitrogen and oxygen atoms in total. The molecule has 4 rings (SSSR count). The van der Waals surface area contributed by atoms with Crippen LogP contribution in [0.2, 0.25) is 0 Å². The van der Waals surface area contributed by atoms with Gasteiger partial charge in [0.15, 0.2) is 0 Å². The van der Waals surface area contributed by atoms with Crippen LogP contribution < -0.4 is 5.32 Å². The summed E-state index contributed by atoms with van der Waals surface area (Å²) < 4.78 is 0. The third-order valence-electron chi connectivity index (χ3n) is 4.13. The van der Waals surface area contributed by atoms with Gasteiger partial charge in [0, 0.05) is 18.0 Å². The van der Waals surface area contributed by atoms with Crippen LogP contribution >= 0.6 is 11.3 Å². The van der Waals surface area contributed by atoms with Crippen molar-refractivity contribution < 1.29 is 0 Å². The molecule has 2 aromatic rings. The van der Waals surface area contributed by atoms with Gasteiger partial charge < -0.3 is 10.2 Å². The number of amidine groups is 1. The highest BCUT2D eigenvalue weighted by Crippen LogP contribution is 2.39. The van der Waals surface area contributed by atoms with Crippen LogP contribution in [0.3, 0.4) is 0 Å². The van der Waals surface area contributed by atoms with E-state index in [1.807, 2.05) is 25.2 Å². The maximum Gasteiger partial charge on any atom is 0.139 e. The van der Waals surface area contributed by atoms with Crippen LogP contribution in [0, 0.1) is 6.92 Å². The second-order valence-corrected chi connectivity index (χ2v) is 6.98. The lowest BCUT2D eigenvalue weighted by Gasteiger charge is -2.29. The van der Waals surface area contributed by atoms with E-state index in [1.54, 1.807) is 0 Å². The lowest BCUT2D eigenvalue weighted by atomic mass is 10.1. The van der Waals surface area contributed by atoms with E-state index in [9.17, 15) is 0 Å². The number of hydrogen-bond donors (Lipinski definition) is 1. The van der Waals surface area contributed by atoms with Crippen LogP contribution in [0.1, 0.15) is 43.6 Å². The van der Waals surface area contributed by atoms with Gasteiger partial charge in [0.2, 0.25) is 0 Å². The van der Waals surface area contributed by atoms with Crippen molar-refractivity contribution in [2.45, 2.75) is 40.0 Å². The molecule has 23 heavy (non-hydrogen) atoms. The molecule has 0 atom stereocenters. The Labute approximate surface area is 143 Å². The molecule has 122 valence electrons. The van der Waals surface area contributed by atoms with Gasteiger partial charge in [-0.05, 0) is 44.4 Å². The van der Waals surface area contributed by atoms with E-state index in [2.05, 4.69) is 47.5 Å². The number of fused-ring (bicyclic) bond motifs is 2. The first-order valence-electron chi connectivity index (χ1n) is 8.62. The molecule has 0 aliphatic carbocycles. The first-order valence-corrected chi connectivity index (χ1v) is 9.43. The van der Waals surface area contributed by atoms with E-state index >= 15 is 0 Å². The lowest BCUT2D eigenvalue weighted by molar-refractivity contribution is 0.343. The minimum Gasteiger partial charge on any atom is -0.356 e. The number of para-hydroxylation sites is 2. The van der Waals surface area contributed by atoms with Crippen molar-refractivity contribution in [1.29, 1.82) is 0 Å². The number of aryl methyl sites for hydroxylation is 1. The average molecular weight is 327 g/mol. The second kappa shape index (κ2) is 7.18. The molecule has 3 heterocycles. The molecule has 0 radical (unpaired) electrons. The van der Waals surface area contributed by atoms with Gasteiger partial charge in [0.1, 0.15) is 10.8 Å². The number of thiophene rings is 1. The molecular weight excluding hydrogens is 302 g/mol. The van der Waals surface area contributed by atoms with Crippen molar-refractivity contribution in [1.82, 2.24) is 4.90 Å². The summed E-state index contributed by atoms with van der Waals surface area (Å²) in [6, 6.07) is 10.6. The molecular formula is C19H25N3S. The maximum absolute atomic E-state index is 5.00. The molecule has 0 bridgehead atoms. The summed E-state index contributed by atoms with van der Waals surface area (Å²) in [5.41, 5.74) is 3.40. The van der Waals surface area contributed by atoms with E-state index in [0.717, 1.165) is 30.3 Å². The summed E-state index contributed by atoms with van der Waals surface area (Å²) in [7, 11) is 0. The molecule has 1 N–H and O–H groups in total. The highest BCUT2D eigenvalue weighted by molar-refractivity contribution is 7.16. The fourth-order valence-electron chi connectivity index (χ4n) is 3.09. The Morgan fingerprint density at radius 1 is 1.09 bits per heavy atom. The van der Waals surface area contributed by atoms with Crippen LogP contribution in [-0.2, 0) is 0 Å². The second-order valence-electron chi connectivity index (χ2n) is 5.73. The molecule has 1 saturated heterocycles. The number of nitrogens with one attached hydrogen (secondary N) is 1. The monoisotopic (exact) mass is 327 g/mol. The molecule has 0 amide bonds. The van der Waals surface area contributed by atoms with Gasteiger partial charge in [0.25, 0.3) is 0 Å². The summed E-state index contributed by atoms with van der Waals surface area (Å²) in [5, 5.41) is 4.79. The molecule has 2 aliphatic heterocycles. The Morgan fingerprint density at radius 3 is 2.61 bits per heavy atom. The van der Waals surface area contributed by atoms with Gasteiger partial charge >= 0.3 is 0 Å². The van der Waals surface area contributed by atoms with E-state index in [-0.39, 0.29) is 0 Å². The predicted molar refractivity (Wildman–Crippen MR) is 102 cm³/mol. The zero-order valence-corrected chi connectivity index (χ0v) is 15.0. The molecule has 1 fully saturated rings. The van der Waals surface area contributed by atoms with Crippen molar-refractivity contribution in [3.8, 4) is 0 Å². The first kappa shape index (κ1) is 16.1. The summed E-state index contributed by atoms with van der Waals surface area (Å²) >= 11 is 1.82. The molecule has 0 saturated carbocycles. The van der Waals surface area contributed by atoms with E-state index in [0.29, 0.717) is 0 Å². The van der Waals surface area contributed by atoms with Gasteiger partial charge in [0.05, 0.1) is 16.9 Å². The Kier molecular flexibility index (Phi) is 5.01. The number of piperidine rings is 1. The Morgan fingerprint density at radius 2 is 1.83 bits per heavy atom. The fraction of sp³-hybridized carbons (Fsp3) is 0.421. The van der Waals surface area contributed by atoms with Crippen molar-refractivity contribution in [3.05, 3.63) is 40.8 Å². The van der Waals surface area contributed by atoms with Gasteiger partial charge in [-0.2, -0.15) is 0 Å². The van der Waals surface area contributed by atoms with Crippen molar-refractivity contribution in [2.75, 3.05) is 18.4 Å². The average Bonchev–Trinajstić information content (AvgIpc) is 2.89. The number of likely N-dealkylation sites (tertiary alicyclic amines) is 1. The number of benzene rings is 1. The number of aliphatic imine (C=N–C) groups is 1. The smallest absolute Gasteiger partial charge is 0.139 e. The summed E-state index contributed by atoms with van der Waals surface area (Å²) in [6.07, 6.45) is 3.88.